The molecule has 0 unspecified atom stereocenters. The highest BCUT2D eigenvalue weighted by Crippen LogP contribution is 2.29. The first kappa shape index (κ1) is 16.9. The zero-order chi connectivity index (χ0) is 17.0. The molecule has 0 spiro atoms. The standard InChI is InChI=1S/C10H8ClNO2S.C6H7NO/c11-15(13,14)10-6-5-9(12)7-3-1-2-4-8(7)10;7-5-1-3-6(8)4-2-5/h1-6H,12H2;1-4,8H,7H2. The van der Waals surface area contributed by atoms with E-state index < -0.39 is 9.05 Å². The summed E-state index contributed by atoms with van der Waals surface area (Å²) in [5.41, 5.74) is 12.3. The normalized spacial score (nSPS) is 10.8. The maximum absolute atomic E-state index is 11.3. The van der Waals surface area contributed by atoms with Crippen LogP contribution in [0.5, 0.6) is 5.75 Å². The van der Waals surface area contributed by atoms with E-state index in [-0.39, 0.29) is 10.6 Å². The average Bonchev–Trinajstić information content (AvgIpc) is 2.50. The van der Waals surface area contributed by atoms with Gasteiger partial charge in [0.05, 0.1) is 4.90 Å². The number of benzene rings is 3. The number of nitrogen functional groups attached to an aromatic ring is 2. The van der Waals surface area contributed by atoms with E-state index in [4.69, 9.17) is 27.3 Å². The molecule has 3 aromatic rings. The van der Waals surface area contributed by atoms with Crippen LogP contribution in [-0.2, 0) is 9.05 Å². The number of halogens is 1. The molecule has 0 saturated carbocycles. The molecule has 120 valence electrons. The number of hydrogen-bond donors (Lipinski definition) is 3. The summed E-state index contributed by atoms with van der Waals surface area (Å²) in [6.07, 6.45) is 0. The van der Waals surface area contributed by atoms with Crippen LogP contribution in [-0.4, -0.2) is 13.5 Å². The average molecular weight is 351 g/mol. The van der Waals surface area contributed by atoms with Gasteiger partial charge in [-0.1, -0.05) is 24.3 Å². The molecule has 0 saturated heterocycles. The van der Waals surface area contributed by atoms with E-state index >= 15 is 0 Å². The van der Waals surface area contributed by atoms with E-state index in [0.29, 0.717) is 22.1 Å². The number of hydrogen-bond acceptors (Lipinski definition) is 5. The molecular weight excluding hydrogens is 336 g/mol. The van der Waals surface area contributed by atoms with E-state index in [2.05, 4.69) is 0 Å². The van der Waals surface area contributed by atoms with Gasteiger partial charge in [0.1, 0.15) is 5.75 Å². The third-order valence-corrected chi connectivity index (χ3v) is 4.45. The van der Waals surface area contributed by atoms with Gasteiger partial charge in [-0.25, -0.2) is 8.42 Å². The second-order valence-electron chi connectivity index (χ2n) is 4.73. The number of nitrogens with two attached hydrogens (primary N) is 2. The second kappa shape index (κ2) is 6.76. The summed E-state index contributed by atoms with van der Waals surface area (Å²) in [6.45, 7) is 0. The van der Waals surface area contributed by atoms with Crippen LogP contribution in [0.4, 0.5) is 11.4 Å². The Morgan fingerprint density at radius 1 is 0.826 bits per heavy atom. The Hall–Kier alpha value is -2.44. The van der Waals surface area contributed by atoms with Crippen molar-refractivity contribution in [2.24, 2.45) is 0 Å². The Morgan fingerprint density at radius 2 is 1.39 bits per heavy atom. The maximum Gasteiger partial charge on any atom is 0.261 e. The molecule has 5 nitrogen and oxygen atoms in total. The lowest BCUT2D eigenvalue weighted by Crippen LogP contribution is -1.95. The predicted molar refractivity (Wildman–Crippen MR) is 93.9 cm³/mol. The summed E-state index contributed by atoms with van der Waals surface area (Å²) in [5.74, 6) is 0.249. The molecule has 3 rings (SSSR count). The molecule has 23 heavy (non-hydrogen) atoms. The Morgan fingerprint density at radius 3 is 1.91 bits per heavy atom. The van der Waals surface area contributed by atoms with Gasteiger partial charge >= 0.3 is 0 Å². The fourth-order valence-electron chi connectivity index (χ4n) is 1.98. The molecule has 0 aliphatic rings. The summed E-state index contributed by atoms with van der Waals surface area (Å²) in [5, 5.41) is 9.94. The van der Waals surface area contributed by atoms with Crippen molar-refractivity contribution in [3.63, 3.8) is 0 Å². The maximum atomic E-state index is 11.3. The van der Waals surface area contributed by atoms with Crippen molar-refractivity contribution in [3.8, 4) is 5.75 Å². The van der Waals surface area contributed by atoms with E-state index in [9.17, 15) is 8.42 Å². The first-order valence-corrected chi connectivity index (χ1v) is 8.86. The largest absolute Gasteiger partial charge is 0.508 e. The van der Waals surface area contributed by atoms with Crippen molar-refractivity contribution in [2.45, 2.75) is 4.90 Å². The number of phenolic OH excluding ortho intramolecular Hbond substituents is 1. The summed E-state index contributed by atoms with van der Waals surface area (Å²) < 4.78 is 22.6. The Bertz CT molecular complexity index is 905. The summed E-state index contributed by atoms with van der Waals surface area (Å²) in [6, 6.07) is 16.3. The lowest BCUT2D eigenvalue weighted by molar-refractivity contribution is 0.475. The SMILES string of the molecule is Nc1ccc(O)cc1.Nc1ccc(S(=O)(=O)Cl)c2ccccc12. The van der Waals surface area contributed by atoms with E-state index in [1.807, 2.05) is 0 Å². The van der Waals surface area contributed by atoms with Gasteiger partial charge in [-0.2, -0.15) is 0 Å². The molecule has 0 radical (unpaired) electrons. The molecular formula is C16H15ClN2O3S. The highest BCUT2D eigenvalue weighted by atomic mass is 35.7. The van der Waals surface area contributed by atoms with Crippen molar-refractivity contribution in [3.05, 3.63) is 60.7 Å². The van der Waals surface area contributed by atoms with Gasteiger partial charge in [0.2, 0.25) is 0 Å². The summed E-state index contributed by atoms with van der Waals surface area (Å²) >= 11 is 0. The van der Waals surface area contributed by atoms with Gasteiger partial charge in [0.25, 0.3) is 9.05 Å². The molecule has 0 amide bonds. The summed E-state index contributed by atoms with van der Waals surface area (Å²) in [7, 11) is 1.59. The van der Waals surface area contributed by atoms with Gasteiger partial charge < -0.3 is 16.6 Å². The van der Waals surface area contributed by atoms with Crippen LogP contribution in [0.25, 0.3) is 10.8 Å². The van der Waals surface area contributed by atoms with Crippen LogP contribution in [0, 0.1) is 0 Å². The molecule has 0 bridgehead atoms. The lowest BCUT2D eigenvalue weighted by Gasteiger charge is -2.05. The van der Waals surface area contributed by atoms with Crippen LogP contribution < -0.4 is 11.5 Å². The monoisotopic (exact) mass is 350 g/mol. The number of phenols is 1. The van der Waals surface area contributed by atoms with Crippen molar-refractivity contribution in [1.82, 2.24) is 0 Å². The Kier molecular flexibility index (Phi) is 4.98. The zero-order valence-corrected chi connectivity index (χ0v) is 13.6. The number of fused-ring (bicyclic) bond motifs is 1. The van der Waals surface area contributed by atoms with Gasteiger partial charge in [-0.3, -0.25) is 0 Å². The minimum atomic E-state index is -3.73. The van der Waals surface area contributed by atoms with Gasteiger partial charge in [0, 0.05) is 32.8 Å². The second-order valence-corrected chi connectivity index (χ2v) is 7.26. The lowest BCUT2D eigenvalue weighted by atomic mass is 10.1. The van der Waals surface area contributed by atoms with Gasteiger partial charge in [-0.15, -0.1) is 0 Å². The smallest absolute Gasteiger partial charge is 0.261 e. The highest BCUT2D eigenvalue weighted by Gasteiger charge is 2.14. The molecule has 0 fully saturated rings. The molecule has 0 aliphatic carbocycles. The molecule has 0 heterocycles. The highest BCUT2D eigenvalue weighted by molar-refractivity contribution is 8.14. The third-order valence-electron chi connectivity index (χ3n) is 3.07. The van der Waals surface area contributed by atoms with Crippen molar-refractivity contribution in [2.75, 3.05) is 11.5 Å². The van der Waals surface area contributed by atoms with Crippen LogP contribution in [0.15, 0.2) is 65.6 Å². The van der Waals surface area contributed by atoms with Crippen molar-refractivity contribution < 1.29 is 13.5 Å². The molecule has 0 atom stereocenters. The molecule has 3 aromatic carbocycles. The van der Waals surface area contributed by atoms with Gasteiger partial charge in [-0.05, 0) is 36.4 Å². The Balaban J connectivity index is 0.000000203. The molecule has 5 N–H and O–H groups in total. The van der Waals surface area contributed by atoms with Crippen LogP contribution in [0.2, 0.25) is 0 Å². The topological polar surface area (TPSA) is 106 Å². The fraction of sp³-hybridized carbons (Fsp3) is 0. The minimum Gasteiger partial charge on any atom is -0.508 e. The quantitative estimate of drug-likeness (QED) is 0.354. The van der Waals surface area contributed by atoms with E-state index in [1.165, 1.54) is 12.1 Å². The van der Waals surface area contributed by atoms with Gasteiger partial charge in [0.15, 0.2) is 0 Å². The number of rotatable bonds is 1. The predicted octanol–water partition coefficient (Wildman–Crippen LogP) is 3.32. The number of anilines is 2. The zero-order valence-electron chi connectivity index (χ0n) is 12.0. The number of aromatic hydroxyl groups is 1. The van der Waals surface area contributed by atoms with E-state index in [1.54, 1.807) is 48.5 Å². The minimum absolute atomic E-state index is 0.0916. The first-order chi connectivity index (χ1) is 10.8. The Labute approximate surface area is 138 Å². The van der Waals surface area contributed by atoms with Crippen LogP contribution in [0.1, 0.15) is 0 Å². The van der Waals surface area contributed by atoms with Crippen LogP contribution >= 0.6 is 10.7 Å². The third kappa shape index (κ3) is 4.28. The molecule has 7 heteroatoms. The fourth-order valence-corrected chi connectivity index (χ4v) is 3.06. The van der Waals surface area contributed by atoms with E-state index in [0.717, 1.165) is 0 Å². The summed E-state index contributed by atoms with van der Waals surface area (Å²) in [4.78, 5) is 0.0916. The molecule has 0 aliphatic heterocycles. The van der Waals surface area contributed by atoms with Crippen LogP contribution in [0.3, 0.4) is 0 Å². The first-order valence-electron chi connectivity index (χ1n) is 6.55. The molecule has 0 aromatic heterocycles. The van der Waals surface area contributed by atoms with Crippen molar-refractivity contribution >= 4 is 41.9 Å². The van der Waals surface area contributed by atoms with Crippen molar-refractivity contribution in [1.29, 1.82) is 0 Å².